The van der Waals surface area contributed by atoms with Gasteiger partial charge in [-0.05, 0) is 42.4 Å². The van der Waals surface area contributed by atoms with Gasteiger partial charge in [-0.15, -0.1) is 0 Å². The highest BCUT2D eigenvalue weighted by Gasteiger charge is 2.21. The third-order valence-corrected chi connectivity index (χ3v) is 4.77. The Morgan fingerprint density at radius 2 is 1.75 bits per heavy atom. The van der Waals surface area contributed by atoms with Gasteiger partial charge in [0.05, 0.1) is 30.9 Å². The molecule has 0 atom stereocenters. The zero-order valence-corrected chi connectivity index (χ0v) is 16.6. The van der Waals surface area contributed by atoms with Gasteiger partial charge in [-0.2, -0.15) is 0 Å². The van der Waals surface area contributed by atoms with Crippen LogP contribution in [0.1, 0.15) is 21.5 Å². The Bertz CT molecular complexity index is 879. The molecule has 1 saturated heterocycles. The van der Waals surface area contributed by atoms with Gasteiger partial charge in [0, 0.05) is 13.1 Å². The summed E-state index contributed by atoms with van der Waals surface area (Å²) in [5, 5.41) is 5.84. The number of morpholine rings is 1. The Labute approximate surface area is 169 Å². The van der Waals surface area contributed by atoms with Crippen molar-refractivity contribution in [2.24, 2.45) is 0 Å². The molecule has 1 aliphatic heterocycles. The molecule has 6 nitrogen and oxygen atoms in total. The highest BCUT2D eigenvalue weighted by Crippen LogP contribution is 2.18. The monoisotopic (exact) mass is 397 g/mol. The molecule has 3 rings (SSSR count). The van der Waals surface area contributed by atoms with Gasteiger partial charge in [-0.25, -0.2) is 0 Å². The van der Waals surface area contributed by atoms with Gasteiger partial charge in [0.15, 0.2) is 5.11 Å². The van der Waals surface area contributed by atoms with Crippen LogP contribution in [0.5, 0.6) is 0 Å². The summed E-state index contributed by atoms with van der Waals surface area (Å²) in [7, 11) is 0. The molecule has 1 fully saturated rings. The number of aryl methyl sites for hydroxylation is 1. The van der Waals surface area contributed by atoms with Crippen LogP contribution >= 0.6 is 12.2 Å². The van der Waals surface area contributed by atoms with Gasteiger partial charge in [0.2, 0.25) is 5.91 Å². The maximum absolute atomic E-state index is 12.8. The van der Waals surface area contributed by atoms with Crippen molar-refractivity contribution < 1.29 is 14.3 Å². The number of amides is 2. The van der Waals surface area contributed by atoms with Crippen LogP contribution in [0.4, 0.5) is 5.69 Å². The molecule has 7 heteroatoms. The van der Waals surface area contributed by atoms with E-state index in [-0.39, 0.29) is 23.3 Å². The molecule has 1 aliphatic rings. The number of carbonyl (C=O) groups excluding carboxylic acids is 2. The first kappa shape index (κ1) is 20.0. The number of hydrogen-bond acceptors (Lipinski definition) is 4. The van der Waals surface area contributed by atoms with Crippen LogP contribution < -0.4 is 10.6 Å². The molecule has 2 amide bonds. The van der Waals surface area contributed by atoms with Crippen LogP contribution in [-0.2, 0) is 16.0 Å². The van der Waals surface area contributed by atoms with Crippen molar-refractivity contribution in [2.45, 2.75) is 13.3 Å². The molecule has 0 aliphatic carbocycles. The number of nitrogens with one attached hydrogen (secondary N) is 2. The number of nitrogens with zero attached hydrogens (tertiary/aromatic N) is 1. The molecule has 0 spiro atoms. The van der Waals surface area contributed by atoms with E-state index in [9.17, 15) is 9.59 Å². The lowest BCUT2D eigenvalue weighted by Crippen LogP contribution is -2.41. The minimum Gasteiger partial charge on any atom is -0.378 e. The van der Waals surface area contributed by atoms with Crippen molar-refractivity contribution in [1.82, 2.24) is 10.2 Å². The summed E-state index contributed by atoms with van der Waals surface area (Å²) in [6.45, 7) is 4.16. The molecule has 0 bridgehead atoms. The van der Waals surface area contributed by atoms with E-state index < -0.39 is 0 Å². The van der Waals surface area contributed by atoms with E-state index in [4.69, 9.17) is 17.0 Å². The van der Waals surface area contributed by atoms with Crippen LogP contribution in [-0.4, -0.2) is 48.1 Å². The SMILES string of the molecule is Cc1ccccc1CC(=O)NC(=S)Nc1ccccc1C(=O)N1CCOCC1. The second-order valence-electron chi connectivity index (χ2n) is 6.56. The van der Waals surface area contributed by atoms with Crippen LogP contribution in [0.15, 0.2) is 48.5 Å². The fourth-order valence-corrected chi connectivity index (χ4v) is 3.24. The Hall–Kier alpha value is -2.77. The van der Waals surface area contributed by atoms with E-state index in [1.807, 2.05) is 37.3 Å². The van der Waals surface area contributed by atoms with Crippen molar-refractivity contribution in [3.63, 3.8) is 0 Å². The molecule has 2 N–H and O–H groups in total. The molecule has 0 saturated carbocycles. The van der Waals surface area contributed by atoms with Crippen molar-refractivity contribution >= 4 is 34.8 Å². The summed E-state index contributed by atoms with van der Waals surface area (Å²) >= 11 is 5.28. The lowest BCUT2D eigenvalue weighted by molar-refractivity contribution is -0.119. The van der Waals surface area contributed by atoms with E-state index in [1.54, 1.807) is 23.1 Å². The number of hydrogen-bond donors (Lipinski definition) is 2. The first-order valence-electron chi connectivity index (χ1n) is 9.16. The second kappa shape index (κ2) is 9.43. The highest BCUT2D eigenvalue weighted by atomic mass is 32.1. The number of thiocarbonyl (C=S) groups is 1. The van der Waals surface area contributed by atoms with E-state index in [2.05, 4.69) is 10.6 Å². The van der Waals surface area contributed by atoms with Crippen molar-refractivity contribution in [3.05, 3.63) is 65.2 Å². The minimum absolute atomic E-state index is 0.0829. The normalized spacial score (nSPS) is 13.7. The molecule has 0 unspecified atom stereocenters. The molecule has 28 heavy (non-hydrogen) atoms. The van der Waals surface area contributed by atoms with Gasteiger partial charge < -0.3 is 20.3 Å². The smallest absolute Gasteiger partial charge is 0.256 e. The van der Waals surface area contributed by atoms with E-state index in [0.717, 1.165) is 11.1 Å². The van der Waals surface area contributed by atoms with Gasteiger partial charge in [-0.3, -0.25) is 9.59 Å². The summed E-state index contributed by atoms with van der Waals surface area (Å²) in [5.41, 5.74) is 3.09. The second-order valence-corrected chi connectivity index (χ2v) is 6.96. The Morgan fingerprint density at radius 1 is 1.07 bits per heavy atom. The number of benzene rings is 2. The molecule has 0 radical (unpaired) electrons. The van der Waals surface area contributed by atoms with Crippen LogP contribution in [0.25, 0.3) is 0 Å². The van der Waals surface area contributed by atoms with E-state index in [1.165, 1.54) is 0 Å². The predicted octanol–water partition coefficient (Wildman–Crippen LogP) is 2.52. The van der Waals surface area contributed by atoms with Crippen LogP contribution in [0.2, 0.25) is 0 Å². The Balaban J connectivity index is 1.63. The maximum atomic E-state index is 12.8. The molecular weight excluding hydrogens is 374 g/mol. The number of ether oxygens (including phenoxy) is 1. The molecular formula is C21H23N3O3S. The summed E-state index contributed by atoms with van der Waals surface area (Å²) in [5.74, 6) is -0.288. The third kappa shape index (κ3) is 5.15. The first-order chi connectivity index (χ1) is 13.5. The van der Waals surface area contributed by atoms with E-state index in [0.29, 0.717) is 37.6 Å². The summed E-state index contributed by atoms with van der Waals surface area (Å²) in [6.07, 6.45) is 0.239. The fourth-order valence-electron chi connectivity index (χ4n) is 3.02. The predicted molar refractivity (Wildman–Crippen MR) is 112 cm³/mol. The number of carbonyl (C=O) groups is 2. The quantitative estimate of drug-likeness (QED) is 0.776. The number of para-hydroxylation sites is 1. The number of rotatable bonds is 4. The molecule has 0 aromatic heterocycles. The van der Waals surface area contributed by atoms with Gasteiger partial charge >= 0.3 is 0 Å². The van der Waals surface area contributed by atoms with E-state index >= 15 is 0 Å². The summed E-state index contributed by atoms with van der Waals surface area (Å²) < 4.78 is 5.30. The average molecular weight is 398 g/mol. The van der Waals surface area contributed by atoms with Gasteiger partial charge in [0.1, 0.15) is 0 Å². The zero-order chi connectivity index (χ0) is 19.9. The lowest BCUT2D eigenvalue weighted by atomic mass is 10.1. The fraction of sp³-hybridized carbons (Fsp3) is 0.286. The Kier molecular flexibility index (Phi) is 6.73. The first-order valence-corrected chi connectivity index (χ1v) is 9.57. The highest BCUT2D eigenvalue weighted by molar-refractivity contribution is 7.80. The van der Waals surface area contributed by atoms with Crippen molar-refractivity contribution in [2.75, 3.05) is 31.6 Å². The van der Waals surface area contributed by atoms with Crippen molar-refractivity contribution in [1.29, 1.82) is 0 Å². The van der Waals surface area contributed by atoms with Crippen LogP contribution in [0, 0.1) is 6.92 Å². The van der Waals surface area contributed by atoms with Gasteiger partial charge in [-0.1, -0.05) is 36.4 Å². The van der Waals surface area contributed by atoms with Crippen molar-refractivity contribution in [3.8, 4) is 0 Å². The zero-order valence-electron chi connectivity index (χ0n) is 15.7. The molecule has 2 aromatic rings. The lowest BCUT2D eigenvalue weighted by Gasteiger charge is -2.27. The Morgan fingerprint density at radius 3 is 2.50 bits per heavy atom. The minimum atomic E-state index is -0.205. The largest absolute Gasteiger partial charge is 0.378 e. The number of anilines is 1. The molecule has 2 aromatic carbocycles. The molecule has 1 heterocycles. The summed E-state index contributed by atoms with van der Waals surface area (Å²) in [4.78, 5) is 26.9. The van der Waals surface area contributed by atoms with Crippen LogP contribution in [0.3, 0.4) is 0 Å². The average Bonchev–Trinajstić information content (AvgIpc) is 2.70. The maximum Gasteiger partial charge on any atom is 0.256 e. The standard InChI is InChI=1S/C21H23N3O3S/c1-15-6-2-3-7-16(15)14-19(25)23-21(28)22-18-9-5-4-8-17(18)20(26)24-10-12-27-13-11-24/h2-9H,10-14H2,1H3,(H2,22,23,25,28). The molecule has 146 valence electrons. The summed E-state index contributed by atoms with van der Waals surface area (Å²) in [6, 6.07) is 14.9. The topological polar surface area (TPSA) is 70.7 Å². The third-order valence-electron chi connectivity index (χ3n) is 4.57. The van der Waals surface area contributed by atoms with Gasteiger partial charge in [0.25, 0.3) is 5.91 Å².